The van der Waals surface area contributed by atoms with E-state index in [1.165, 1.54) is 5.56 Å². The van der Waals surface area contributed by atoms with Crippen LogP contribution in [0.1, 0.15) is 11.1 Å². The topological polar surface area (TPSA) is 73.0 Å². The summed E-state index contributed by atoms with van der Waals surface area (Å²) in [5.74, 6) is 1.35. The third-order valence-electron chi connectivity index (χ3n) is 5.05. The van der Waals surface area contributed by atoms with Crippen molar-refractivity contribution in [2.75, 3.05) is 14.2 Å². The van der Waals surface area contributed by atoms with Crippen LogP contribution in [0.5, 0.6) is 11.5 Å². The monoisotopic (exact) mass is 385 g/mol. The maximum absolute atomic E-state index is 5.43. The van der Waals surface area contributed by atoms with Crippen molar-refractivity contribution in [1.29, 1.82) is 0 Å². The highest BCUT2D eigenvalue weighted by Crippen LogP contribution is 2.32. The number of nitrogens with zero attached hydrogens (tertiary/aromatic N) is 4. The van der Waals surface area contributed by atoms with Crippen molar-refractivity contribution < 1.29 is 9.47 Å². The molecule has 0 atom stereocenters. The molecule has 1 aliphatic rings. The maximum Gasteiger partial charge on any atom is 0.161 e. The van der Waals surface area contributed by atoms with Crippen LogP contribution in [0.25, 0.3) is 28.2 Å². The Morgan fingerprint density at radius 1 is 0.931 bits per heavy atom. The van der Waals surface area contributed by atoms with Gasteiger partial charge in [-0.1, -0.05) is 12.1 Å². The fraction of sp³-hybridized carbons (Fsp3) is 0.136. The Morgan fingerprint density at radius 3 is 2.66 bits per heavy atom. The number of hydrogen-bond donors (Lipinski definition) is 1. The number of aromatic nitrogens is 3. The van der Waals surface area contributed by atoms with Gasteiger partial charge in [0.15, 0.2) is 17.1 Å². The van der Waals surface area contributed by atoms with Gasteiger partial charge < -0.3 is 14.9 Å². The second-order valence-corrected chi connectivity index (χ2v) is 6.71. The number of benzene rings is 2. The van der Waals surface area contributed by atoms with E-state index in [4.69, 9.17) is 14.6 Å². The first-order valence-corrected chi connectivity index (χ1v) is 9.23. The average molecular weight is 385 g/mol. The molecular formula is C22H19N5O2. The normalized spacial score (nSPS) is 12.5. The molecule has 1 N–H and O–H groups in total. The third-order valence-corrected chi connectivity index (χ3v) is 5.05. The largest absolute Gasteiger partial charge is 0.493 e. The van der Waals surface area contributed by atoms with Crippen LogP contribution in [0.2, 0.25) is 0 Å². The van der Waals surface area contributed by atoms with E-state index in [9.17, 15) is 0 Å². The summed E-state index contributed by atoms with van der Waals surface area (Å²) in [6.07, 6.45) is 3.69. The van der Waals surface area contributed by atoms with Gasteiger partial charge in [-0.3, -0.25) is 0 Å². The smallest absolute Gasteiger partial charge is 0.161 e. The van der Waals surface area contributed by atoms with Gasteiger partial charge in [0, 0.05) is 16.7 Å². The number of fused-ring (bicyclic) bond motifs is 2. The molecule has 0 amide bonds. The van der Waals surface area contributed by atoms with Crippen molar-refractivity contribution in [3.8, 4) is 34.0 Å². The lowest BCUT2D eigenvalue weighted by molar-refractivity contribution is 0.355. The number of rotatable bonds is 4. The lowest BCUT2D eigenvalue weighted by Crippen LogP contribution is -2.13. The fourth-order valence-electron chi connectivity index (χ4n) is 3.50. The van der Waals surface area contributed by atoms with Crippen molar-refractivity contribution in [1.82, 2.24) is 20.0 Å². The SMILES string of the molecule is COc1ccc(-c2ccc3ncc(-c4ccc5c(c4)C=NNC5)n3n2)cc1OC. The highest BCUT2D eigenvalue weighted by Gasteiger charge is 2.13. The fourth-order valence-corrected chi connectivity index (χ4v) is 3.50. The third kappa shape index (κ3) is 2.97. The predicted molar refractivity (Wildman–Crippen MR) is 111 cm³/mol. The molecule has 7 nitrogen and oxygen atoms in total. The summed E-state index contributed by atoms with van der Waals surface area (Å²) >= 11 is 0. The van der Waals surface area contributed by atoms with Crippen molar-refractivity contribution in [2.24, 2.45) is 5.10 Å². The summed E-state index contributed by atoms with van der Waals surface area (Å²) in [6, 6.07) is 16.0. The Labute approximate surface area is 167 Å². The van der Waals surface area contributed by atoms with Gasteiger partial charge >= 0.3 is 0 Å². The lowest BCUT2D eigenvalue weighted by atomic mass is 10.0. The molecule has 0 fully saturated rings. The van der Waals surface area contributed by atoms with Crippen molar-refractivity contribution in [2.45, 2.75) is 6.54 Å². The van der Waals surface area contributed by atoms with Crippen LogP contribution in [0, 0.1) is 0 Å². The van der Waals surface area contributed by atoms with E-state index in [2.05, 4.69) is 33.7 Å². The van der Waals surface area contributed by atoms with Crippen molar-refractivity contribution in [3.63, 3.8) is 0 Å². The quantitative estimate of drug-likeness (QED) is 0.582. The van der Waals surface area contributed by atoms with E-state index in [1.54, 1.807) is 14.2 Å². The molecule has 2 aromatic heterocycles. The number of hydrazone groups is 1. The van der Waals surface area contributed by atoms with Gasteiger partial charge in [-0.15, -0.1) is 0 Å². The molecule has 0 unspecified atom stereocenters. The van der Waals surface area contributed by atoms with E-state index in [1.807, 2.05) is 47.3 Å². The second-order valence-electron chi connectivity index (χ2n) is 6.71. The van der Waals surface area contributed by atoms with Gasteiger partial charge in [0.1, 0.15) is 0 Å². The second kappa shape index (κ2) is 6.94. The van der Waals surface area contributed by atoms with E-state index in [0.717, 1.165) is 40.3 Å². The Morgan fingerprint density at radius 2 is 1.79 bits per heavy atom. The van der Waals surface area contributed by atoms with Crippen LogP contribution in [0.3, 0.4) is 0 Å². The van der Waals surface area contributed by atoms with Gasteiger partial charge in [0.2, 0.25) is 0 Å². The number of nitrogens with one attached hydrogen (secondary N) is 1. The summed E-state index contributed by atoms with van der Waals surface area (Å²) in [5.41, 5.74) is 9.83. The molecule has 29 heavy (non-hydrogen) atoms. The summed E-state index contributed by atoms with van der Waals surface area (Å²) in [6.45, 7) is 0.737. The standard InChI is InChI=1S/C22H19N5O2/c1-28-20-7-5-14(10-21(20)29-2)18-6-8-22-23-13-19(27(22)26-18)15-3-4-16-11-24-25-12-17(16)9-15/h3-10,12-13,24H,11H2,1-2H3. The first kappa shape index (κ1) is 17.2. The molecule has 3 heterocycles. The number of ether oxygens (including phenoxy) is 2. The Bertz CT molecular complexity index is 1250. The van der Waals surface area contributed by atoms with Gasteiger partial charge in [-0.25, -0.2) is 9.50 Å². The predicted octanol–water partition coefficient (Wildman–Crippen LogP) is 3.52. The molecule has 4 aromatic rings. The van der Waals surface area contributed by atoms with Crippen LogP contribution in [0.15, 0.2) is 59.8 Å². The van der Waals surface area contributed by atoms with E-state index < -0.39 is 0 Å². The summed E-state index contributed by atoms with van der Waals surface area (Å²) < 4.78 is 12.6. The van der Waals surface area contributed by atoms with E-state index >= 15 is 0 Å². The van der Waals surface area contributed by atoms with Crippen LogP contribution in [-0.2, 0) is 6.54 Å². The minimum Gasteiger partial charge on any atom is -0.493 e. The molecule has 0 radical (unpaired) electrons. The Hall–Kier alpha value is -3.87. The molecule has 5 rings (SSSR count). The zero-order chi connectivity index (χ0) is 19.8. The minimum absolute atomic E-state index is 0.667. The molecule has 2 aromatic carbocycles. The minimum atomic E-state index is 0.667. The van der Waals surface area contributed by atoms with Gasteiger partial charge in [0.25, 0.3) is 0 Å². The molecule has 0 saturated carbocycles. The molecule has 1 aliphatic heterocycles. The zero-order valence-corrected chi connectivity index (χ0v) is 16.1. The molecule has 0 bridgehead atoms. The summed E-state index contributed by atoms with van der Waals surface area (Å²) in [5, 5.41) is 8.99. The first-order chi connectivity index (χ1) is 14.3. The molecule has 7 heteroatoms. The van der Waals surface area contributed by atoms with Crippen LogP contribution < -0.4 is 14.9 Å². The summed E-state index contributed by atoms with van der Waals surface area (Å²) in [4.78, 5) is 4.51. The average Bonchev–Trinajstić information content (AvgIpc) is 3.21. The number of methoxy groups -OCH3 is 2. The van der Waals surface area contributed by atoms with Gasteiger partial charge in [-0.2, -0.15) is 10.2 Å². The Kier molecular flexibility index (Phi) is 4.13. The summed E-state index contributed by atoms with van der Waals surface area (Å²) in [7, 11) is 3.25. The highest BCUT2D eigenvalue weighted by molar-refractivity contribution is 5.85. The van der Waals surface area contributed by atoms with Crippen LogP contribution in [-0.4, -0.2) is 35.0 Å². The number of hydrogen-bond acceptors (Lipinski definition) is 6. The molecule has 144 valence electrons. The van der Waals surface area contributed by atoms with Crippen molar-refractivity contribution in [3.05, 3.63) is 65.9 Å². The van der Waals surface area contributed by atoms with Crippen LogP contribution >= 0.6 is 0 Å². The maximum atomic E-state index is 5.43. The molecular weight excluding hydrogens is 366 g/mol. The zero-order valence-electron chi connectivity index (χ0n) is 16.1. The highest BCUT2D eigenvalue weighted by atomic mass is 16.5. The number of imidazole rings is 1. The molecule has 0 spiro atoms. The van der Waals surface area contributed by atoms with Crippen molar-refractivity contribution >= 4 is 11.9 Å². The molecule has 0 aliphatic carbocycles. The first-order valence-electron chi connectivity index (χ1n) is 9.23. The van der Waals surface area contributed by atoms with E-state index in [0.29, 0.717) is 11.5 Å². The Balaban J connectivity index is 1.61. The van der Waals surface area contributed by atoms with Gasteiger partial charge in [-0.05, 0) is 42.0 Å². The van der Waals surface area contributed by atoms with Crippen LogP contribution in [0.4, 0.5) is 0 Å². The van der Waals surface area contributed by atoms with Gasteiger partial charge in [0.05, 0.1) is 44.6 Å². The molecule has 0 saturated heterocycles. The lowest BCUT2D eigenvalue weighted by Gasteiger charge is -2.12. The van der Waals surface area contributed by atoms with E-state index in [-0.39, 0.29) is 0 Å².